The van der Waals surface area contributed by atoms with E-state index < -0.39 is 41.7 Å². The average Bonchev–Trinajstić information content (AvgIpc) is 2.91. The molecule has 0 saturated carbocycles. The van der Waals surface area contributed by atoms with Gasteiger partial charge < -0.3 is 20.1 Å². The fraction of sp³-hybridized carbons (Fsp3) is 0.500. The molecule has 2 N–H and O–H groups in total. The highest BCUT2D eigenvalue weighted by molar-refractivity contribution is 5.85. The Bertz CT molecular complexity index is 707. The van der Waals surface area contributed by atoms with Crippen molar-refractivity contribution in [3.63, 3.8) is 0 Å². The second-order valence-electron chi connectivity index (χ2n) is 6.52. The van der Waals surface area contributed by atoms with E-state index in [0.717, 1.165) is 18.2 Å². The van der Waals surface area contributed by atoms with E-state index in [0.29, 0.717) is 6.42 Å². The molecule has 2 amide bonds. The van der Waals surface area contributed by atoms with E-state index in [2.05, 4.69) is 5.32 Å². The smallest absolute Gasteiger partial charge is 0.328 e. The number of ether oxygens (including phenoxy) is 1. The molecule has 1 aliphatic heterocycles. The van der Waals surface area contributed by atoms with Crippen molar-refractivity contribution in [2.45, 2.75) is 50.9 Å². The number of aliphatic carboxylic acids is 1. The van der Waals surface area contributed by atoms with Crippen LogP contribution in [0.3, 0.4) is 0 Å². The Kier molecular flexibility index (Phi) is 6.84. The number of amides is 2. The van der Waals surface area contributed by atoms with Crippen molar-refractivity contribution in [3.8, 4) is 0 Å². The van der Waals surface area contributed by atoms with Gasteiger partial charge in [0.05, 0.1) is 6.10 Å². The van der Waals surface area contributed by atoms with Gasteiger partial charge in [-0.25, -0.2) is 13.6 Å². The van der Waals surface area contributed by atoms with E-state index in [4.69, 9.17) is 4.74 Å². The molecule has 148 valence electrons. The molecule has 1 aliphatic rings. The number of carbonyl (C=O) groups is 3. The second kappa shape index (κ2) is 8.90. The van der Waals surface area contributed by atoms with Crippen LogP contribution in [0.1, 0.15) is 31.7 Å². The van der Waals surface area contributed by atoms with E-state index in [1.165, 1.54) is 18.9 Å². The van der Waals surface area contributed by atoms with Gasteiger partial charge in [0, 0.05) is 38.6 Å². The highest BCUT2D eigenvalue weighted by Crippen LogP contribution is 2.24. The standard InChI is InChI=1S/C18H22F2N2O5/c1-10(27-2)17(18(25)26)21-15(23)8-14-3-4-16(24)22(14)9-11-5-12(19)7-13(20)6-11/h5-7,10,14,17H,3-4,8-9H2,1-2H3,(H,21,23)(H,25,26)/t10-,14+,17+/m1/s1. The molecule has 1 saturated heterocycles. The normalized spacial score (nSPS) is 19.0. The monoisotopic (exact) mass is 384 g/mol. The summed E-state index contributed by atoms with van der Waals surface area (Å²) in [5.74, 6) is -3.49. The quantitative estimate of drug-likeness (QED) is 0.707. The summed E-state index contributed by atoms with van der Waals surface area (Å²) in [7, 11) is 1.34. The van der Waals surface area contributed by atoms with Crippen LogP contribution in [0.15, 0.2) is 18.2 Å². The van der Waals surface area contributed by atoms with Crippen molar-refractivity contribution < 1.29 is 33.0 Å². The largest absolute Gasteiger partial charge is 0.480 e. The minimum Gasteiger partial charge on any atom is -0.480 e. The lowest BCUT2D eigenvalue weighted by atomic mass is 10.1. The molecule has 1 aromatic rings. The molecule has 0 radical (unpaired) electrons. The molecule has 1 aromatic carbocycles. The van der Waals surface area contributed by atoms with Gasteiger partial charge in [0.15, 0.2) is 6.04 Å². The number of benzene rings is 1. The summed E-state index contributed by atoms with van der Waals surface area (Å²) in [6.07, 6.45) is -0.221. The van der Waals surface area contributed by atoms with Crippen molar-refractivity contribution in [1.29, 1.82) is 0 Å². The van der Waals surface area contributed by atoms with E-state index in [9.17, 15) is 28.3 Å². The summed E-state index contributed by atoms with van der Waals surface area (Å²) in [6, 6.07) is 1.31. The maximum absolute atomic E-state index is 13.4. The van der Waals surface area contributed by atoms with Crippen molar-refractivity contribution in [3.05, 3.63) is 35.4 Å². The SMILES string of the molecule is CO[C@H](C)[C@H](NC(=O)C[C@@H]1CCC(=O)N1Cc1cc(F)cc(F)c1)C(=O)O. The molecule has 0 spiro atoms. The number of carbonyl (C=O) groups excluding carboxylic acids is 2. The Morgan fingerprint density at radius 1 is 1.33 bits per heavy atom. The van der Waals surface area contributed by atoms with Crippen molar-refractivity contribution in [2.75, 3.05) is 7.11 Å². The van der Waals surface area contributed by atoms with Crippen LogP contribution < -0.4 is 5.32 Å². The minimum atomic E-state index is -1.23. The molecule has 27 heavy (non-hydrogen) atoms. The first-order valence-electron chi connectivity index (χ1n) is 8.50. The maximum Gasteiger partial charge on any atom is 0.328 e. The van der Waals surface area contributed by atoms with Crippen LogP contribution in [0.25, 0.3) is 0 Å². The molecular formula is C18H22F2N2O5. The fourth-order valence-corrected chi connectivity index (χ4v) is 3.08. The summed E-state index contributed by atoms with van der Waals surface area (Å²) in [6.45, 7) is 1.49. The number of nitrogens with zero attached hydrogens (tertiary/aromatic N) is 1. The number of methoxy groups -OCH3 is 1. The zero-order chi connectivity index (χ0) is 20.1. The summed E-state index contributed by atoms with van der Waals surface area (Å²) in [5, 5.41) is 11.6. The highest BCUT2D eigenvalue weighted by atomic mass is 19.1. The molecule has 0 aliphatic carbocycles. The Morgan fingerprint density at radius 2 is 1.96 bits per heavy atom. The first kappa shape index (κ1) is 20.8. The third-order valence-corrected chi connectivity index (χ3v) is 4.57. The molecule has 3 atom stereocenters. The lowest BCUT2D eigenvalue weighted by Crippen LogP contribution is -2.49. The number of likely N-dealkylation sites (tertiary alicyclic amines) is 1. The van der Waals surface area contributed by atoms with Gasteiger partial charge in [-0.3, -0.25) is 9.59 Å². The average molecular weight is 384 g/mol. The van der Waals surface area contributed by atoms with Gasteiger partial charge >= 0.3 is 5.97 Å². The number of carboxylic acid groups (broad SMARTS) is 1. The summed E-state index contributed by atoms with van der Waals surface area (Å²) in [5.41, 5.74) is 0.282. The zero-order valence-electron chi connectivity index (χ0n) is 15.1. The van der Waals surface area contributed by atoms with Gasteiger partial charge in [-0.15, -0.1) is 0 Å². The summed E-state index contributed by atoms with van der Waals surface area (Å²) in [4.78, 5) is 37.0. The Morgan fingerprint density at radius 3 is 2.52 bits per heavy atom. The number of halogens is 2. The van der Waals surface area contributed by atoms with Gasteiger partial charge in [-0.2, -0.15) is 0 Å². The molecule has 2 rings (SSSR count). The lowest BCUT2D eigenvalue weighted by molar-refractivity contribution is -0.145. The number of carboxylic acids is 1. The zero-order valence-corrected chi connectivity index (χ0v) is 15.1. The third-order valence-electron chi connectivity index (χ3n) is 4.57. The molecular weight excluding hydrogens is 362 g/mol. The number of hydrogen-bond acceptors (Lipinski definition) is 4. The predicted octanol–water partition coefficient (Wildman–Crippen LogP) is 1.45. The fourth-order valence-electron chi connectivity index (χ4n) is 3.08. The number of rotatable bonds is 8. The Balaban J connectivity index is 2.04. The maximum atomic E-state index is 13.4. The van der Waals surface area contributed by atoms with Crippen molar-refractivity contribution >= 4 is 17.8 Å². The first-order chi connectivity index (χ1) is 12.7. The van der Waals surface area contributed by atoms with Gasteiger partial charge in [0.25, 0.3) is 0 Å². The van der Waals surface area contributed by atoms with E-state index in [-0.39, 0.29) is 30.9 Å². The summed E-state index contributed by atoms with van der Waals surface area (Å²) < 4.78 is 31.7. The van der Waals surface area contributed by atoms with Gasteiger partial charge in [-0.05, 0) is 31.0 Å². The van der Waals surface area contributed by atoms with Gasteiger partial charge in [0.1, 0.15) is 11.6 Å². The van der Waals surface area contributed by atoms with Gasteiger partial charge in [-0.1, -0.05) is 0 Å². The molecule has 0 aromatic heterocycles. The van der Waals surface area contributed by atoms with E-state index in [1.807, 2.05) is 0 Å². The van der Waals surface area contributed by atoms with Crippen LogP contribution in [0, 0.1) is 11.6 Å². The lowest BCUT2D eigenvalue weighted by Gasteiger charge is -2.26. The van der Waals surface area contributed by atoms with Crippen molar-refractivity contribution in [2.24, 2.45) is 0 Å². The van der Waals surface area contributed by atoms with Crippen LogP contribution in [0.5, 0.6) is 0 Å². The number of nitrogens with one attached hydrogen (secondary N) is 1. The topological polar surface area (TPSA) is 95.9 Å². The Labute approximate surface area is 155 Å². The number of hydrogen-bond donors (Lipinski definition) is 2. The van der Waals surface area contributed by atoms with Gasteiger partial charge in [0.2, 0.25) is 11.8 Å². The molecule has 0 unspecified atom stereocenters. The van der Waals surface area contributed by atoms with Crippen LogP contribution in [0.4, 0.5) is 8.78 Å². The van der Waals surface area contributed by atoms with Crippen molar-refractivity contribution in [1.82, 2.24) is 10.2 Å². The molecule has 1 fully saturated rings. The Hall–Kier alpha value is -2.55. The highest BCUT2D eigenvalue weighted by Gasteiger charge is 2.34. The third kappa shape index (κ3) is 5.46. The summed E-state index contributed by atoms with van der Waals surface area (Å²) >= 11 is 0. The van der Waals surface area contributed by atoms with Crippen LogP contribution >= 0.6 is 0 Å². The van der Waals surface area contributed by atoms with E-state index in [1.54, 1.807) is 0 Å². The molecule has 9 heteroatoms. The minimum absolute atomic E-state index is 0.0255. The van der Waals surface area contributed by atoms with Crippen LogP contribution in [-0.4, -0.2) is 53.1 Å². The second-order valence-corrected chi connectivity index (χ2v) is 6.52. The van der Waals surface area contributed by atoms with Crippen LogP contribution in [-0.2, 0) is 25.7 Å². The van der Waals surface area contributed by atoms with Crippen LogP contribution in [0.2, 0.25) is 0 Å². The molecule has 1 heterocycles. The van der Waals surface area contributed by atoms with E-state index >= 15 is 0 Å². The predicted molar refractivity (Wildman–Crippen MR) is 90.6 cm³/mol. The molecule has 0 bridgehead atoms. The first-order valence-corrected chi connectivity index (χ1v) is 8.50. The molecule has 7 nitrogen and oxygen atoms in total.